The third-order valence-electron chi connectivity index (χ3n) is 5.00. The summed E-state index contributed by atoms with van der Waals surface area (Å²) in [7, 11) is 0. The second-order valence-electron chi connectivity index (χ2n) is 6.85. The Hall–Kier alpha value is -3.84. The van der Waals surface area contributed by atoms with Crippen LogP contribution in [-0.2, 0) is 6.42 Å². The number of hydrogen-bond donors (Lipinski definition) is 4. The summed E-state index contributed by atoms with van der Waals surface area (Å²) in [6, 6.07) is 13.9. The van der Waals surface area contributed by atoms with Crippen molar-refractivity contribution in [2.45, 2.75) is 12.8 Å². The van der Waals surface area contributed by atoms with Gasteiger partial charge in [0.2, 0.25) is 17.3 Å². The van der Waals surface area contributed by atoms with E-state index in [2.05, 4.69) is 4.98 Å². The van der Waals surface area contributed by atoms with Gasteiger partial charge in [0.05, 0.1) is 11.1 Å². The molecule has 2 aromatic carbocycles. The van der Waals surface area contributed by atoms with E-state index in [-0.39, 0.29) is 17.7 Å². The Morgan fingerprint density at radius 1 is 1.00 bits per heavy atom. The van der Waals surface area contributed by atoms with Crippen molar-refractivity contribution in [2.24, 2.45) is 0 Å². The highest BCUT2D eigenvalue weighted by molar-refractivity contribution is 6.18. The van der Waals surface area contributed by atoms with Crippen LogP contribution in [-0.4, -0.2) is 38.7 Å². The lowest BCUT2D eigenvalue weighted by Crippen LogP contribution is -2.00. The number of fused-ring (bicyclic) bond motifs is 1. The maximum Gasteiger partial charge on any atom is 0.372 e. The van der Waals surface area contributed by atoms with E-state index in [4.69, 9.17) is 9.52 Å². The number of aromatic hydroxyl groups is 1. The lowest BCUT2D eigenvalue weighted by Gasteiger charge is -2.03. The molecule has 0 spiro atoms. The van der Waals surface area contributed by atoms with Gasteiger partial charge in [-0.25, -0.2) is 4.79 Å². The van der Waals surface area contributed by atoms with Crippen LogP contribution in [0, 0.1) is 0 Å². The number of aryl methyl sites for hydroxylation is 1. The molecule has 152 valence electrons. The van der Waals surface area contributed by atoms with Crippen molar-refractivity contribution in [3.8, 4) is 16.9 Å². The predicted octanol–water partition coefficient (Wildman–Crippen LogP) is 3.99. The minimum absolute atomic E-state index is 0.0325. The Morgan fingerprint density at radius 3 is 2.47 bits per heavy atom. The summed E-state index contributed by atoms with van der Waals surface area (Å²) < 4.78 is 5.35. The second-order valence-corrected chi connectivity index (χ2v) is 6.85. The molecule has 2 aromatic heterocycles. The van der Waals surface area contributed by atoms with Gasteiger partial charge in [-0.3, -0.25) is 4.79 Å². The Morgan fingerprint density at radius 2 is 1.77 bits per heavy atom. The summed E-state index contributed by atoms with van der Waals surface area (Å²) in [5, 5.41) is 29.9. The molecule has 0 saturated carbocycles. The van der Waals surface area contributed by atoms with Gasteiger partial charge >= 0.3 is 5.97 Å². The Labute approximate surface area is 171 Å². The van der Waals surface area contributed by atoms with Crippen molar-refractivity contribution in [1.82, 2.24) is 4.98 Å². The maximum absolute atomic E-state index is 13.2. The smallest absolute Gasteiger partial charge is 0.372 e. The summed E-state index contributed by atoms with van der Waals surface area (Å²) in [6.07, 6.45) is 2.73. The Bertz CT molecular complexity index is 1240. The molecule has 4 N–H and O–H groups in total. The monoisotopic (exact) mass is 405 g/mol. The summed E-state index contributed by atoms with van der Waals surface area (Å²) in [5.41, 5.74) is 2.36. The van der Waals surface area contributed by atoms with E-state index in [1.165, 1.54) is 6.20 Å². The Balaban J connectivity index is 1.82. The van der Waals surface area contributed by atoms with Crippen molar-refractivity contribution in [3.05, 3.63) is 77.4 Å². The first-order valence-corrected chi connectivity index (χ1v) is 9.42. The quantitative estimate of drug-likeness (QED) is 0.345. The lowest BCUT2D eigenvalue weighted by molar-refractivity contribution is 0.0661. The summed E-state index contributed by atoms with van der Waals surface area (Å²) in [5.74, 6) is -3.43. The van der Waals surface area contributed by atoms with Crippen molar-refractivity contribution in [2.75, 3.05) is 6.61 Å². The number of benzene rings is 2. The number of aliphatic hydroxyl groups is 1. The number of aliphatic hydroxyl groups excluding tert-OH is 1. The van der Waals surface area contributed by atoms with Gasteiger partial charge in [-0.05, 0) is 24.0 Å². The topological polar surface area (TPSA) is 124 Å². The van der Waals surface area contributed by atoms with Crippen molar-refractivity contribution in [3.63, 3.8) is 0 Å². The molecule has 0 aliphatic carbocycles. The van der Waals surface area contributed by atoms with Crippen LogP contribution < -0.4 is 0 Å². The molecule has 0 unspecified atom stereocenters. The number of rotatable bonds is 7. The molecule has 0 aliphatic rings. The number of aromatic amines is 1. The summed E-state index contributed by atoms with van der Waals surface area (Å²) in [4.78, 5) is 27.9. The fourth-order valence-corrected chi connectivity index (χ4v) is 3.60. The number of nitrogens with one attached hydrogen (secondary N) is 1. The van der Waals surface area contributed by atoms with Gasteiger partial charge in [0.15, 0.2) is 5.75 Å². The molecule has 0 saturated heterocycles. The summed E-state index contributed by atoms with van der Waals surface area (Å²) in [6.45, 7) is 0.0589. The molecule has 7 nitrogen and oxygen atoms in total. The van der Waals surface area contributed by atoms with E-state index in [0.29, 0.717) is 23.8 Å². The molecule has 7 heteroatoms. The number of carboxylic acid groups (broad SMARTS) is 1. The average molecular weight is 405 g/mol. The third-order valence-corrected chi connectivity index (χ3v) is 5.00. The van der Waals surface area contributed by atoms with Crippen molar-refractivity contribution >= 4 is 22.7 Å². The first-order valence-electron chi connectivity index (χ1n) is 9.42. The standard InChI is InChI=1S/C23H19NO6/c25-11-5-9-14-8-4-10-15-16(12-24-18(14)15)19(26)22-20(27)17(21(30-22)23(28)29)13-6-2-1-3-7-13/h1-4,6-8,10,12,24-25,27H,5,9,11H2,(H,28,29). The molecule has 0 aliphatic heterocycles. The number of carbonyl (C=O) groups is 2. The zero-order valence-electron chi connectivity index (χ0n) is 15.9. The Kier molecular flexibility index (Phi) is 5.12. The number of H-pyrrole nitrogens is 1. The molecule has 0 fully saturated rings. The molecular formula is C23H19NO6. The number of ketones is 1. The van der Waals surface area contributed by atoms with Crippen LogP contribution in [0.15, 0.2) is 59.1 Å². The van der Waals surface area contributed by atoms with E-state index in [0.717, 1.165) is 11.1 Å². The largest absolute Gasteiger partial charge is 0.504 e. The fourth-order valence-electron chi connectivity index (χ4n) is 3.60. The highest BCUT2D eigenvalue weighted by atomic mass is 16.4. The van der Waals surface area contributed by atoms with Crippen LogP contribution in [0.1, 0.15) is 38.7 Å². The number of aromatic nitrogens is 1. The van der Waals surface area contributed by atoms with Crippen LogP contribution in [0.2, 0.25) is 0 Å². The first-order chi connectivity index (χ1) is 14.5. The summed E-state index contributed by atoms with van der Waals surface area (Å²) >= 11 is 0. The SMILES string of the molecule is O=C(O)c1oc(C(=O)c2c[nH]c3c(CCCO)cccc23)c(O)c1-c1ccccc1. The number of furan rings is 1. The minimum atomic E-state index is -1.38. The highest BCUT2D eigenvalue weighted by Gasteiger charge is 2.31. The number of aromatic carboxylic acids is 1. The number of para-hydroxylation sites is 1. The molecule has 0 amide bonds. The van der Waals surface area contributed by atoms with Gasteiger partial charge in [0, 0.05) is 23.7 Å². The number of carbonyl (C=O) groups excluding carboxylic acids is 1. The number of carboxylic acids is 1. The van der Waals surface area contributed by atoms with Crippen LogP contribution in [0.25, 0.3) is 22.0 Å². The zero-order valence-corrected chi connectivity index (χ0v) is 15.9. The molecule has 2 heterocycles. The maximum atomic E-state index is 13.2. The second kappa shape index (κ2) is 7.88. The first kappa shape index (κ1) is 19.5. The van der Waals surface area contributed by atoms with Crippen LogP contribution in [0.5, 0.6) is 5.75 Å². The molecule has 0 radical (unpaired) electrons. The van der Waals surface area contributed by atoms with Crippen LogP contribution in [0.4, 0.5) is 0 Å². The van der Waals surface area contributed by atoms with Crippen molar-refractivity contribution in [1.29, 1.82) is 0 Å². The van der Waals surface area contributed by atoms with Gasteiger partial charge in [-0.15, -0.1) is 0 Å². The molecular weight excluding hydrogens is 386 g/mol. The van der Waals surface area contributed by atoms with Gasteiger partial charge in [0.1, 0.15) is 0 Å². The molecule has 4 rings (SSSR count). The average Bonchev–Trinajstić information content (AvgIpc) is 3.34. The van der Waals surface area contributed by atoms with Crippen LogP contribution >= 0.6 is 0 Å². The van der Waals surface area contributed by atoms with E-state index in [1.807, 2.05) is 6.07 Å². The third kappa shape index (κ3) is 3.25. The van der Waals surface area contributed by atoms with Gasteiger partial charge < -0.3 is 24.7 Å². The molecule has 30 heavy (non-hydrogen) atoms. The van der Waals surface area contributed by atoms with Gasteiger partial charge in [0.25, 0.3) is 0 Å². The highest BCUT2D eigenvalue weighted by Crippen LogP contribution is 2.40. The molecule has 0 bridgehead atoms. The normalized spacial score (nSPS) is 11.1. The predicted molar refractivity (Wildman–Crippen MR) is 110 cm³/mol. The molecule has 0 atom stereocenters. The van der Waals surface area contributed by atoms with E-state index < -0.39 is 29.0 Å². The number of hydrogen-bond acceptors (Lipinski definition) is 5. The van der Waals surface area contributed by atoms with E-state index >= 15 is 0 Å². The van der Waals surface area contributed by atoms with Gasteiger partial charge in [-0.1, -0.05) is 48.5 Å². The molecule has 4 aromatic rings. The van der Waals surface area contributed by atoms with Crippen molar-refractivity contribution < 1.29 is 29.3 Å². The minimum Gasteiger partial charge on any atom is -0.504 e. The van der Waals surface area contributed by atoms with E-state index in [9.17, 15) is 19.8 Å². The lowest BCUT2D eigenvalue weighted by atomic mass is 10.0. The van der Waals surface area contributed by atoms with Crippen LogP contribution in [0.3, 0.4) is 0 Å². The zero-order chi connectivity index (χ0) is 21.3. The van der Waals surface area contributed by atoms with E-state index in [1.54, 1.807) is 42.5 Å². The fraction of sp³-hybridized carbons (Fsp3) is 0.130. The van der Waals surface area contributed by atoms with Gasteiger partial charge in [-0.2, -0.15) is 0 Å².